The van der Waals surface area contributed by atoms with Crippen LogP contribution in [0.1, 0.15) is 37.7 Å². The van der Waals surface area contributed by atoms with Crippen LogP contribution in [0.5, 0.6) is 0 Å². The zero-order chi connectivity index (χ0) is 13.1. The maximum absolute atomic E-state index is 11.9. The largest absolute Gasteiger partial charge is 0.388 e. The van der Waals surface area contributed by atoms with Gasteiger partial charge in [0.25, 0.3) is 5.91 Å². The molecule has 5 heteroatoms. The molecule has 1 atom stereocenters. The zero-order valence-corrected chi connectivity index (χ0v) is 12.0. The number of rotatable bonds is 5. The SMILES string of the molecule is CCn1cc(Br)cc1C(=O)NCC(C)(O)CC. The maximum atomic E-state index is 11.9. The summed E-state index contributed by atoms with van der Waals surface area (Å²) in [6.07, 6.45) is 2.47. The predicted molar refractivity (Wildman–Crippen MR) is 71.1 cm³/mol. The highest BCUT2D eigenvalue weighted by Gasteiger charge is 2.20. The van der Waals surface area contributed by atoms with Crippen LogP contribution in [0.2, 0.25) is 0 Å². The highest BCUT2D eigenvalue weighted by atomic mass is 79.9. The van der Waals surface area contributed by atoms with Crippen molar-refractivity contribution in [3.8, 4) is 0 Å². The van der Waals surface area contributed by atoms with E-state index in [1.807, 2.05) is 24.6 Å². The van der Waals surface area contributed by atoms with Gasteiger partial charge < -0.3 is 15.0 Å². The van der Waals surface area contributed by atoms with Gasteiger partial charge in [0.15, 0.2) is 0 Å². The number of aryl methyl sites for hydroxylation is 1. The highest BCUT2D eigenvalue weighted by molar-refractivity contribution is 9.10. The minimum Gasteiger partial charge on any atom is -0.388 e. The molecule has 0 spiro atoms. The first kappa shape index (κ1) is 14.3. The van der Waals surface area contributed by atoms with Crippen molar-refractivity contribution in [2.24, 2.45) is 0 Å². The van der Waals surface area contributed by atoms with Crippen molar-refractivity contribution in [2.45, 2.75) is 39.3 Å². The molecule has 0 saturated heterocycles. The molecular weight excluding hydrogens is 284 g/mol. The molecule has 1 aromatic heterocycles. The number of nitrogens with one attached hydrogen (secondary N) is 1. The van der Waals surface area contributed by atoms with Gasteiger partial charge in [-0.1, -0.05) is 6.92 Å². The Kier molecular flexibility index (Phi) is 4.77. The average Bonchev–Trinajstić information content (AvgIpc) is 2.67. The number of nitrogens with zero attached hydrogens (tertiary/aromatic N) is 1. The van der Waals surface area contributed by atoms with E-state index in [0.29, 0.717) is 12.1 Å². The highest BCUT2D eigenvalue weighted by Crippen LogP contribution is 2.15. The Balaban J connectivity index is 2.70. The summed E-state index contributed by atoms with van der Waals surface area (Å²) in [4.78, 5) is 11.9. The molecule has 0 radical (unpaired) electrons. The normalized spacial score (nSPS) is 14.4. The second-order valence-electron chi connectivity index (χ2n) is 4.36. The van der Waals surface area contributed by atoms with Gasteiger partial charge in [-0.3, -0.25) is 4.79 Å². The summed E-state index contributed by atoms with van der Waals surface area (Å²) in [5.74, 6) is -0.161. The molecule has 0 aliphatic carbocycles. The van der Waals surface area contributed by atoms with Gasteiger partial charge in [-0.15, -0.1) is 0 Å². The molecule has 1 aromatic rings. The van der Waals surface area contributed by atoms with Crippen LogP contribution in [-0.2, 0) is 6.54 Å². The first-order valence-electron chi connectivity index (χ1n) is 5.76. The van der Waals surface area contributed by atoms with Crippen LogP contribution in [0.25, 0.3) is 0 Å². The van der Waals surface area contributed by atoms with Crippen molar-refractivity contribution < 1.29 is 9.90 Å². The van der Waals surface area contributed by atoms with Crippen molar-refractivity contribution in [2.75, 3.05) is 6.54 Å². The second kappa shape index (κ2) is 5.69. The van der Waals surface area contributed by atoms with Crippen LogP contribution in [-0.4, -0.2) is 27.7 Å². The molecule has 96 valence electrons. The molecule has 0 saturated carbocycles. The quantitative estimate of drug-likeness (QED) is 0.876. The molecule has 0 aromatic carbocycles. The van der Waals surface area contributed by atoms with E-state index in [-0.39, 0.29) is 12.5 Å². The fourth-order valence-electron chi connectivity index (χ4n) is 1.41. The lowest BCUT2D eigenvalue weighted by Gasteiger charge is -2.21. The van der Waals surface area contributed by atoms with Crippen molar-refractivity contribution in [3.63, 3.8) is 0 Å². The topological polar surface area (TPSA) is 54.3 Å². The van der Waals surface area contributed by atoms with Gasteiger partial charge in [0.2, 0.25) is 0 Å². The summed E-state index contributed by atoms with van der Waals surface area (Å²) < 4.78 is 2.74. The van der Waals surface area contributed by atoms with Gasteiger partial charge in [0.1, 0.15) is 5.69 Å². The third-order valence-corrected chi connectivity index (χ3v) is 3.26. The molecule has 1 heterocycles. The molecule has 0 fully saturated rings. The number of hydrogen-bond acceptors (Lipinski definition) is 2. The Bertz CT molecular complexity index is 399. The fourth-order valence-corrected chi connectivity index (χ4v) is 1.88. The summed E-state index contributed by atoms with van der Waals surface area (Å²) in [5, 5.41) is 12.6. The van der Waals surface area contributed by atoms with E-state index in [1.54, 1.807) is 13.0 Å². The Morgan fingerprint density at radius 1 is 1.59 bits per heavy atom. The fraction of sp³-hybridized carbons (Fsp3) is 0.583. The Hall–Kier alpha value is -0.810. The van der Waals surface area contributed by atoms with E-state index in [1.165, 1.54) is 0 Å². The van der Waals surface area contributed by atoms with Gasteiger partial charge in [-0.05, 0) is 42.3 Å². The zero-order valence-electron chi connectivity index (χ0n) is 10.5. The van der Waals surface area contributed by atoms with E-state index in [0.717, 1.165) is 11.0 Å². The van der Waals surface area contributed by atoms with E-state index in [4.69, 9.17) is 0 Å². The lowest BCUT2D eigenvalue weighted by atomic mass is 10.0. The third-order valence-electron chi connectivity index (χ3n) is 2.83. The van der Waals surface area contributed by atoms with Crippen LogP contribution in [0.4, 0.5) is 0 Å². The molecule has 0 aliphatic heterocycles. The van der Waals surface area contributed by atoms with E-state index in [2.05, 4.69) is 21.2 Å². The number of halogens is 1. The molecule has 4 nitrogen and oxygen atoms in total. The van der Waals surface area contributed by atoms with Crippen molar-refractivity contribution >= 4 is 21.8 Å². The summed E-state index contributed by atoms with van der Waals surface area (Å²) in [7, 11) is 0. The number of aromatic nitrogens is 1. The second-order valence-corrected chi connectivity index (χ2v) is 5.28. The van der Waals surface area contributed by atoms with Crippen LogP contribution in [0, 0.1) is 0 Å². The van der Waals surface area contributed by atoms with E-state index in [9.17, 15) is 9.90 Å². The Morgan fingerprint density at radius 2 is 2.24 bits per heavy atom. The van der Waals surface area contributed by atoms with Crippen LogP contribution >= 0.6 is 15.9 Å². The lowest BCUT2D eigenvalue weighted by molar-refractivity contribution is 0.0516. The van der Waals surface area contributed by atoms with E-state index < -0.39 is 5.60 Å². The molecular formula is C12H19BrN2O2. The molecule has 1 unspecified atom stereocenters. The molecule has 2 N–H and O–H groups in total. The molecule has 1 rings (SSSR count). The first-order valence-corrected chi connectivity index (χ1v) is 6.55. The summed E-state index contributed by atoms with van der Waals surface area (Å²) >= 11 is 3.35. The Labute approximate surface area is 110 Å². The van der Waals surface area contributed by atoms with Gasteiger partial charge in [-0.25, -0.2) is 0 Å². The monoisotopic (exact) mass is 302 g/mol. The number of amides is 1. The lowest BCUT2D eigenvalue weighted by Crippen LogP contribution is -2.40. The van der Waals surface area contributed by atoms with Gasteiger partial charge >= 0.3 is 0 Å². The van der Waals surface area contributed by atoms with Gasteiger partial charge in [0.05, 0.1) is 5.60 Å². The van der Waals surface area contributed by atoms with Crippen molar-refractivity contribution in [1.82, 2.24) is 9.88 Å². The summed E-state index contributed by atoms with van der Waals surface area (Å²) in [6, 6.07) is 1.78. The average molecular weight is 303 g/mol. The first-order chi connectivity index (χ1) is 7.89. The summed E-state index contributed by atoms with van der Waals surface area (Å²) in [6.45, 7) is 6.57. The summed E-state index contributed by atoms with van der Waals surface area (Å²) in [5.41, 5.74) is -0.248. The maximum Gasteiger partial charge on any atom is 0.268 e. The van der Waals surface area contributed by atoms with Gasteiger partial charge in [-0.2, -0.15) is 0 Å². The standard InChI is InChI=1S/C12H19BrN2O2/c1-4-12(3,17)8-14-11(16)10-6-9(13)7-15(10)5-2/h6-7,17H,4-5,8H2,1-3H3,(H,14,16). The Morgan fingerprint density at radius 3 is 2.76 bits per heavy atom. The third kappa shape index (κ3) is 3.85. The molecule has 17 heavy (non-hydrogen) atoms. The van der Waals surface area contributed by atoms with Crippen molar-refractivity contribution in [3.05, 3.63) is 22.4 Å². The molecule has 0 aliphatic rings. The molecule has 1 amide bonds. The minimum absolute atomic E-state index is 0.161. The minimum atomic E-state index is -0.851. The molecule has 0 bridgehead atoms. The van der Waals surface area contributed by atoms with Crippen LogP contribution in [0.15, 0.2) is 16.7 Å². The van der Waals surface area contributed by atoms with Gasteiger partial charge in [0, 0.05) is 23.8 Å². The number of carbonyl (C=O) groups is 1. The van der Waals surface area contributed by atoms with Crippen molar-refractivity contribution in [1.29, 1.82) is 0 Å². The van der Waals surface area contributed by atoms with E-state index >= 15 is 0 Å². The number of aliphatic hydroxyl groups is 1. The van der Waals surface area contributed by atoms with Crippen LogP contribution in [0.3, 0.4) is 0 Å². The van der Waals surface area contributed by atoms with Crippen LogP contribution < -0.4 is 5.32 Å². The number of hydrogen-bond donors (Lipinski definition) is 2. The predicted octanol–water partition coefficient (Wildman–Crippen LogP) is 2.16. The smallest absolute Gasteiger partial charge is 0.268 e. The number of carbonyl (C=O) groups excluding carboxylic acids is 1.